The van der Waals surface area contributed by atoms with Gasteiger partial charge in [-0.1, -0.05) is 13.8 Å². The highest BCUT2D eigenvalue weighted by atomic mass is 16.3. The van der Waals surface area contributed by atoms with Gasteiger partial charge in [-0.2, -0.15) is 0 Å². The van der Waals surface area contributed by atoms with Crippen LogP contribution in [0.5, 0.6) is 0 Å². The van der Waals surface area contributed by atoms with Crippen molar-refractivity contribution < 1.29 is 5.11 Å². The van der Waals surface area contributed by atoms with E-state index in [1.165, 1.54) is 0 Å². The molecule has 0 aliphatic carbocycles. The van der Waals surface area contributed by atoms with Crippen LogP contribution in [0, 0.1) is 11.8 Å². The molecule has 0 unspecified atom stereocenters. The van der Waals surface area contributed by atoms with Gasteiger partial charge in [0.15, 0.2) is 0 Å². The minimum Gasteiger partial charge on any atom is -0.392 e. The fourth-order valence-corrected chi connectivity index (χ4v) is 1.34. The number of aliphatic hydroxyl groups excluding tert-OH is 1. The van der Waals surface area contributed by atoms with E-state index < -0.39 is 0 Å². The van der Waals surface area contributed by atoms with Gasteiger partial charge in [0.05, 0.1) is 6.10 Å². The van der Waals surface area contributed by atoms with Gasteiger partial charge < -0.3 is 10.4 Å². The lowest BCUT2D eigenvalue weighted by atomic mass is 9.90. The number of aliphatic hydroxyl groups is 1. The molecule has 0 radical (unpaired) electrons. The van der Waals surface area contributed by atoms with Gasteiger partial charge in [-0.25, -0.2) is 0 Å². The first-order chi connectivity index (χ1) is 4.22. The van der Waals surface area contributed by atoms with Crippen molar-refractivity contribution >= 4 is 0 Å². The van der Waals surface area contributed by atoms with Crippen LogP contribution >= 0.6 is 0 Å². The third-order valence-electron chi connectivity index (χ3n) is 2.10. The normalized spacial score (nSPS) is 39.0. The fourth-order valence-electron chi connectivity index (χ4n) is 1.34. The van der Waals surface area contributed by atoms with Gasteiger partial charge in [0, 0.05) is 13.1 Å². The number of rotatable bonds is 0. The minimum atomic E-state index is -0.0914. The second-order valence-corrected chi connectivity index (χ2v) is 3.10. The summed E-state index contributed by atoms with van der Waals surface area (Å²) in [5.41, 5.74) is 0. The summed E-state index contributed by atoms with van der Waals surface area (Å²) < 4.78 is 0. The zero-order valence-corrected chi connectivity index (χ0v) is 6.09. The Morgan fingerprint density at radius 1 is 1.22 bits per heavy atom. The molecule has 1 saturated heterocycles. The molecule has 0 aromatic rings. The summed E-state index contributed by atoms with van der Waals surface area (Å²) in [5.74, 6) is 0.850. The highest BCUT2D eigenvalue weighted by Crippen LogP contribution is 2.15. The first-order valence-corrected chi connectivity index (χ1v) is 3.60. The summed E-state index contributed by atoms with van der Waals surface area (Å²) >= 11 is 0. The summed E-state index contributed by atoms with van der Waals surface area (Å²) in [6.07, 6.45) is -0.0914. The predicted octanol–water partition coefficient (Wildman–Crippen LogP) is 0.223. The molecule has 1 rings (SSSR count). The molecule has 2 heteroatoms. The molecule has 0 bridgehead atoms. The molecule has 0 aromatic heterocycles. The van der Waals surface area contributed by atoms with E-state index in [0.717, 1.165) is 13.1 Å². The molecule has 2 nitrogen and oxygen atoms in total. The van der Waals surface area contributed by atoms with Crippen molar-refractivity contribution in [2.45, 2.75) is 20.0 Å². The van der Waals surface area contributed by atoms with Crippen molar-refractivity contribution in [3.63, 3.8) is 0 Å². The maximum atomic E-state index is 9.41. The van der Waals surface area contributed by atoms with E-state index in [4.69, 9.17) is 0 Å². The molecule has 2 atom stereocenters. The summed E-state index contributed by atoms with van der Waals surface area (Å²) in [6.45, 7) is 6.08. The molecule has 0 saturated carbocycles. The topological polar surface area (TPSA) is 32.3 Å². The lowest BCUT2D eigenvalue weighted by Crippen LogP contribution is -2.44. The Morgan fingerprint density at radius 3 is 2.00 bits per heavy atom. The second kappa shape index (κ2) is 2.67. The van der Waals surface area contributed by atoms with Gasteiger partial charge in [-0.05, 0) is 11.8 Å². The Hall–Kier alpha value is -0.0800. The average Bonchev–Trinajstić information content (AvgIpc) is 1.83. The third kappa shape index (κ3) is 1.43. The van der Waals surface area contributed by atoms with E-state index in [-0.39, 0.29) is 6.10 Å². The van der Waals surface area contributed by atoms with E-state index >= 15 is 0 Å². The summed E-state index contributed by atoms with van der Waals surface area (Å²) in [5, 5.41) is 12.7. The molecule has 0 aromatic carbocycles. The quantitative estimate of drug-likeness (QED) is 0.490. The monoisotopic (exact) mass is 129 g/mol. The third-order valence-corrected chi connectivity index (χ3v) is 2.10. The predicted molar refractivity (Wildman–Crippen MR) is 37.2 cm³/mol. The summed E-state index contributed by atoms with van der Waals surface area (Å²) in [6, 6.07) is 0. The zero-order chi connectivity index (χ0) is 6.85. The van der Waals surface area contributed by atoms with Crippen molar-refractivity contribution in [3.8, 4) is 0 Å². The van der Waals surface area contributed by atoms with Crippen LogP contribution < -0.4 is 5.32 Å². The minimum absolute atomic E-state index is 0.0914. The molecule has 0 amide bonds. The maximum Gasteiger partial charge on any atom is 0.0615 e. The van der Waals surface area contributed by atoms with Gasteiger partial charge in [0.2, 0.25) is 0 Å². The van der Waals surface area contributed by atoms with Crippen molar-refractivity contribution in [1.29, 1.82) is 0 Å². The van der Waals surface area contributed by atoms with Crippen LogP contribution in [0.2, 0.25) is 0 Å². The molecule has 1 fully saturated rings. The Kier molecular flexibility index (Phi) is 2.09. The number of piperidine rings is 1. The molecular formula is C7H15NO. The fraction of sp³-hybridized carbons (Fsp3) is 1.00. The largest absolute Gasteiger partial charge is 0.392 e. The first-order valence-electron chi connectivity index (χ1n) is 3.60. The SMILES string of the molecule is C[C@H]1CNC[C@H](C)C1O. The van der Waals surface area contributed by atoms with Crippen LogP contribution in [-0.4, -0.2) is 24.3 Å². The zero-order valence-electron chi connectivity index (χ0n) is 6.09. The van der Waals surface area contributed by atoms with Crippen LogP contribution in [0.4, 0.5) is 0 Å². The number of hydrogen-bond donors (Lipinski definition) is 2. The van der Waals surface area contributed by atoms with Crippen molar-refractivity contribution in [3.05, 3.63) is 0 Å². The molecule has 1 aliphatic rings. The van der Waals surface area contributed by atoms with Crippen LogP contribution in [0.1, 0.15) is 13.8 Å². The number of nitrogens with one attached hydrogen (secondary N) is 1. The Bertz CT molecular complexity index is 84.9. The van der Waals surface area contributed by atoms with Crippen LogP contribution in [0.15, 0.2) is 0 Å². The smallest absolute Gasteiger partial charge is 0.0615 e. The van der Waals surface area contributed by atoms with Gasteiger partial charge in [-0.3, -0.25) is 0 Å². The molecule has 54 valence electrons. The Balaban J connectivity index is 2.41. The standard InChI is InChI=1S/C7H15NO/c1-5-3-8-4-6(2)7(5)9/h5-9H,3-4H2,1-2H3/t5-,6-/m0/s1. The van der Waals surface area contributed by atoms with Crippen molar-refractivity contribution in [2.75, 3.05) is 13.1 Å². The summed E-state index contributed by atoms with van der Waals surface area (Å²) in [4.78, 5) is 0. The molecule has 0 spiro atoms. The van der Waals surface area contributed by atoms with Gasteiger partial charge in [0.25, 0.3) is 0 Å². The molecular weight excluding hydrogens is 114 g/mol. The van der Waals surface area contributed by atoms with E-state index in [9.17, 15) is 5.11 Å². The van der Waals surface area contributed by atoms with Crippen molar-refractivity contribution in [1.82, 2.24) is 5.32 Å². The Morgan fingerprint density at radius 2 is 1.67 bits per heavy atom. The van der Waals surface area contributed by atoms with E-state index in [2.05, 4.69) is 19.2 Å². The molecule has 1 aliphatic heterocycles. The van der Waals surface area contributed by atoms with Crippen LogP contribution in [0.3, 0.4) is 0 Å². The van der Waals surface area contributed by atoms with Gasteiger partial charge in [-0.15, -0.1) is 0 Å². The van der Waals surface area contributed by atoms with Crippen LogP contribution in [-0.2, 0) is 0 Å². The molecule has 1 heterocycles. The Labute approximate surface area is 56.3 Å². The highest BCUT2D eigenvalue weighted by Gasteiger charge is 2.24. The average molecular weight is 129 g/mol. The number of hydrogen-bond acceptors (Lipinski definition) is 2. The van der Waals surface area contributed by atoms with Crippen LogP contribution in [0.25, 0.3) is 0 Å². The molecule has 2 N–H and O–H groups in total. The first kappa shape index (κ1) is 7.03. The summed E-state index contributed by atoms with van der Waals surface area (Å²) in [7, 11) is 0. The molecule has 9 heavy (non-hydrogen) atoms. The van der Waals surface area contributed by atoms with E-state index in [1.54, 1.807) is 0 Å². The highest BCUT2D eigenvalue weighted by molar-refractivity contribution is 4.78. The van der Waals surface area contributed by atoms with Crippen molar-refractivity contribution in [2.24, 2.45) is 11.8 Å². The lowest BCUT2D eigenvalue weighted by molar-refractivity contribution is 0.0434. The van der Waals surface area contributed by atoms with E-state index in [0.29, 0.717) is 11.8 Å². The van der Waals surface area contributed by atoms with Gasteiger partial charge >= 0.3 is 0 Å². The maximum absolute atomic E-state index is 9.41. The van der Waals surface area contributed by atoms with E-state index in [1.807, 2.05) is 0 Å². The van der Waals surface area contributed by atoms with Gasteiger partial charge in [0.1, 0.15) is 0 Å². The lowest BCUT2D eigenvalue weighted by Gasteiger charge is -2.30. The second-order valence-electron chi connectivity index (χ2n) is 3.10.